The van der Waals surface area contributed by atoms with Crippen LogP contribution in [-0.4, -0.2) is 81.9 Å². The summed E-state index contributed by atoms with van der Waals surface area (Å²) in [5, 5.41) is 9.74. The SMILES string of the molecule is CO[C@@H]1CCN(CCO[C@H](C)c2ccc(-c3ccc4nnc5c(c4c3)n(C3CCOCC3)c(=O)n5C)cn2)C1. The summed E-state index contributed by atoms with van der Waals surface area (Å²) in [6, 6.07) is 10.3. The van der Waals surface area contributed by atoms with Gasteiger partial charge < -0.3 is 14.2 Å². The van der Waals surface area contributed by atoms with Crippen LogP contribution in [0.4, 0.5) is 0 Å². The van der Waals surface area contributed by atoms with Crippen molar-refractivity contribution in [3.8, 4) is 11.1 Å². The van der Waals surface area contributed by atoms with E-state index in [1.54, 1.807) is 18.7 Å². The van der Waals surface area contributed by atoms with E-state index in [-0.39, 0.29) is 17.8 Å². The van der Waals surface area contributed by atoms with Crippen LogP contribution in [0.3, 0.4) is 0 Å². The number of imidazole rings is 1. The summed E-state index contributed by atoms with van der Waals surface area (Å²) in [6.45, 7) is 6.94. The van der Waals surface area contributed by atoms with Crippen LogP contribution < -0.4 is 5.69 Å². The number of rotatable bonds is 8. The fraction of sp³-hybridized carbons (Fsp3) is 0.517. The molecule has 0 bridgehead atoms. The number of ether oxygens (including phenoxy) is 3. The molecule has 0 saturated carbocycles. The second-order valence-electron chi connectivity index (χ2n) is 10.6. The predicted octanol–water partition coefficient (Wildman–Crippen LogP) is 3.50. The molecular weight excluding hydrogens is 496 g/mol. The Morgan fingerprint density at radius 3 is 2.67 bits per heavy atom. The zero-order valence-electron chi connectivity index (χ0n) is 22.9. The monoisotopic (exact) mass is 532 g/mol. The molecule has 206 valence electrons. The Labute approximate surface area is 227 Å². The number of aryl methyl sites for hydroxylation is 1. The Kier molecular flexibility index (Phi) is 7.44. The molecule has 2 saturated heterocycles. The van der Waals surface area contributed by atoms with Crippen LogP contribution in [0.2, 0.25) is 0 Å². The molecule has 2 aliphatic rings. The van der Waals surface area contributed by atoms with E-state index in [0.717, 1.165) is 72.1 Å². The van der Waals surface area contributed by atoms with Crippen molar-refractivity contribution in [1.82, 2.24) is 29.2 Å². The van der Waals surface area contributed by atoms with Crippen LogP contribution in [0.1, 0.15) is 44.0 Å². The highest BCUT2D eigenvalue weighted by molar-refractivity contribution is 6.02. The molecule has 0 aliphatic carbocycles. The topological polar surface area (TPSA) is 96.5 Å². The molecular formula is C29H36N6O4. The third-order valence-electron chi connectivity index (χ3n) is 8.20. The second-order valence-corrected chi connectivity index (χ2v) is 10.6. The molecule has 0 radical (unpaired) electrons. The van der Waals surface area contributed by atoms with Crippen molar-refractivity contribution in [1.29, 1.82) is 0 Å². The van der Waals surface area contributed by atoms with E-state index in [0.29, 0.717) is 31.6 Å². The molecule has 39 heavy (non-hydrogen) atoms. The highest BCUT2D eigenvalue weighted by Crippen LogP contribution is 2.31. The molecule has 2 fully saturated rings. The van der Waals surface area contributed by atoms with Crippen LogP contribution in [0.25, 0.3) is 33.2 Å². The lowest BCUT2D eigenvalue weighted by atomic mass is 10.0. The van der Waals surface area contributed by atoms with Crippen molar-refractivity contribution in [3.05, 3.63) is 52.7 Å². The van der Waals surface area contributed by atoms with Crippen molar-refractivity contribution in [3.63, 3.8) is 0 Å². The van der Waals surface area contributed by atoms with Crippen molar-refractivity contribution in [2.24, 2.45) is 7.05 Å². The largest absolute Gasteiger partial charge is 0.381 e. The van der Waals surface area contributed by atoms with Crippen LogP contribution in [0.15, 0.2) is 41.3 Å². The Bertz CT molecular complexity index is 1510. The fourth-order valence-electron chi connectivity index (χ4n) is 5.81. The Morgan fingerprint density at radius 2 is 1.92 bits per heavy atom. The van der Waals surface area contributed by atoms with E-state index in [1.165, 1.54) is 0 Å². The molecule has 0 amide bonds. The van der Waals surface area contributed by atoms with Gasteiger partial charge in [-0.1, -0.05) is 12.1 Å². The summed E-state index contributed by atoms with van der Waals surface area (Å²) in [6.07, 6.45) is 4.83. The van der Waals surface area contributed by atoms with Gasteiger partial charge in [-0.05, 0) is 49.9 Å². The van der Waals surface area contributed by atoms with E-state index in [4.69, 9.17) is 19.2 Å². The number of aromatic nitrogens is 5. The zero-order valence-corrected chi connectivity index (χ0v) is 22.9. The lowest BCUT2D eigenvalue weighted by Crippen LogP contribution is -2.29. The van der Waals surface area contributed by atoms with E-state index >= 15 is 0 Å². The number of methoxy groups -OCH3 is 1. The molecule has 4 aromatic rings. The first kappa shape index (κ1) is 26.1. The lowest BCUT2D eigenvalue weighted by Gasteiger charge is -2.23. The van der Waals surface area contributed by atoms with E-state index < -0.39 is 0 Å². The summed E-state index contributed by atoms with van der Waals surface area (Å²) in [5.74, 6) is 0. The lowest BCUT2D eigenvalue weighted by molar-refractivity contribution is 0.0448. The van der Waals surface area contributed by atoms with Gasteiger partial charge in [0.2, 0.25) is 0 Å². The van der Waals surface area contributed by atoms with E-state index in [1.807, 2.05) is 35.9 Å². The van der Waals surface area contributed by atoms with Crippen molar-refractivity contribution in [2.75, 3.05) is 46.6 Å². The zero-order chi connectivity index (χ0) is 26.9. The average molecular weight is 533 g/mol. The molecule has 10 heteroatoms. The van der Waals surface area contributed by atoms with Crippen molar-refractivity contribution >= 4 is 22.1 Å². The molecule has 3 aromatic heterocycles. The maximum Gasteiger partial charge on any atom is 0.330 e. The van der Waals surface area contributed by atoms with Gasteiger partial charge in [-0.3, -0.25) is 19.0 Å². The molecule has 2 atom stereocenters. The summed E-state index contributed by atoms with van der Waals surface area (Å²) < 4.78 is 20.6. The van der Waals surface area contributed by atoms with Crippen LogP contribution in [-0.2, 0) is 21.3 Å². The van der Waals surface area contributed by atoms with Gasteiger partial charge in [-0.25, -0.2) is 4.79 Å². The maximum atomic E-state index is 13.3. The van der Waals surface area contributed by atoms with Crippen molar-refractivity contribution < 1.29 is 14.2 Å². The summed E-state index contributed by atoms with van der Waals surface area (Å²) >= 11 is 0. The molecule has 5 heterocycles. The van der Waals surface area contributed by atoms with Gasteiger partial charge in [-0.15, -0.1) is 10.2 Å². The van der Waals surface area contributed by atoms with Gasteiger partial charge >= 0.3 is 5.69 Å². The molecule has 2 aliphatic heterocycles. The minimum Gasteiger partial charge on any atom is -0.381 e. The molecule has 10 nitrogen and oxygen atoms in total. The summed E-state index contributed by atoms with van der Waals surface area (Å²) in [5.41, 5.74) is 5.05. The highest BCUT2D eigenvalue weighted by Gasteiger charge is 2.25. The number of pyridine rings is 1. The third-order valence-corrected chi connectivity index (χ3v) is 8.20. The number of benzene rings is 1. The molecule has 6 rings (SSSR count). The number of hydrogen-bond donors (Lipinski definition) is 0. The number of hydrogen-bond acceptors (Lipinski definition) is 8. The van der Waals surface area contributed by atoms with E-state index in [9.17, 15) is 4.79 Å². The van der Waals surface area contributed by atoms with Gasteiger partial charge in [0.25, 0.3) is 0 Å². The third kappa shape index (κ3) is 5.09. The van der Waals surface area contributed by atoms with Crippen LogP contribution in [0.5, 0.6) is 0 Å². The predicted molar refractivity (Wildman–Crippen MR) is 149 cm³/mol. The molecule has 1 aromatic carbocycles. The number of fused-ring (bicyclic) bond motifs is 3. The van der Waals surface area contributed by atoms with Crippen LogP contribution >= 0.6 is 0 Å². The smallest absolute Gasteiger partial charge is 0.330 e. The standard InChI is InChI=1S/C29H36N6O4/c1-19(39-15-12-34-11-8-23(18-34)37-3)25-6-5-21(17-30-25)20-4-7-26-24(16-20)27-28(32-31-26)33(2)29(36)35(27)22-9-13-38-14-10-22/h4-7,16-17,19,22-23H,8-15,18H2,1-3H3/t19-,23-/m1/s1. The van der Waals surface area contributed by atoms with Gasteiger partial charge in [0.05, 0.1) is 30.0 Å². The Hall–Kier alpha value is -3.18. The quantitative estimate of drug-likeness (QED) is 0.340. The minimum atomic E-state index is -0.0930. The van der Waals surface area contributed by atoms with Gasteiger partial charge in [0, 0.05) is 70.2 Å². The van der Waals surface area contributed by atoms with Gasteiger partial charge in [0.15, 0.2) is 5.65 Å². The normalized spacial score (nSPS) is 19.8. The first-order valence-electron chi connectivity index (χ1n) is 13.8. The van der Waals surface area contributed by atoms with Crippen LogP contribution in [0, 0.1) is 0 Å². The number of likely N-dealkylation sites (tertiary alicyclic amines) is 1. The molecule has 0 spiro atoms. The van der Waals surface area contributed by atoms with Gasteiger partial charge in [0.1, 0.15) is 5.52 Å². The average Bonchev–Trinajstić information content (AvgIpc) is 3.55. The van der Waals surface area contributed by atoms with Crippen molar-refractivity contribution in [2.45, 2.75) is 44.4 Å². The number of nitrogens with zero attached hydrogens (tertiary/aromatic N) is 6. The fourth-order valence-corrected chi connectivity index (χ4v) is 5.81. The second kappa shape index (κ2) is 11.1. The maximum absolute atomic E-state index is 13.3. The summed E-state index contributed by atoms with van der Waals surface area (Å²) in [7, 11) is 3.54. The Morgan fingerprint density at radius 1 is 1.10 bits per heavy atom. The molecule has 0 unspecified atom stereocenters. The Balaban J connectivity index is 1.23. The highest BCUT2D eigenvalue weighted by atomic mass is 16.5. The first-order valence-corrected chi connectivity index (χ1v) is 13.8. The summed E-state index contributed by atoms with van der Waals surface area (Å²) in [4.78, 5) is 20.4. The first-order chi connectivity index (χ1) is 19.0. The minimum absolute atomic E-state index is 0.0626. The van der Waals surface area contributed by atoms with Gasteiger partial charge in [-0.2, -0.15) is 0 Å². The van der Waals surface area contributed by atoms with E-state index in [2.05, 4.69) is 27.2 Å². The molecule has 0 N–H and O–H groups in total.